The van der Waals surface area contributed by atoms with E-state index in [1.807, 2.05) is 43.0 Å². The van der Waals surface area contributed by atoms with E-state index >= 15 is 0 Å². The van der Waals surface area contributed by atoms with Crippen LogP contribution in [0.4, 0.5) is 0 Å². The Hall–Kier alpha value is -2.34. The van der Waals surface area contributed by atoms with Crippen LogP contribution in [0.25, 0.3) is 11.5 Å². The second-order valence-corrected chi connectivity index (χ2v) is 5.92. The summed E-state index contributed by atoms with van der Waals surface area (Å²) in [4.78, 5) is 18.8. The number of rotatable bonds is 4. The summed E-state index contributed by atoms with van der Waals surface area (Å²) in [6.07, 6.45) is 0.308. The molecule has 1 atom stereocenters. The fraction of sp³-hybridized carbons (Fsp3) is 0.444. The number of ether oxygens (including phenoxy) is 2. The molecule has 2 aromatic rings. The van der Waals surface area contributed by atoms with Gasteiger partial charge in [0.1, 0.15) is 11.5 Å². The van der Waals surface area contributed by atoms with E-state index in [9.17, 15) is 4.79 Å². The molecule has 0 bridgehead atoms. The molecule has 1 aliphatic rings. The number of amides is 1. The molecule has 1 aromatic carbocycles. The molecule has 24 heavy (non-hydrogen) atoms. The lowest BCUT2D eigenvalue weighted by molar-refractivity contribution is -0.137. The van der Waals surface area contributed by atoms with Gasteiger partial charge in [0.25, 0.3) is 0 Å². The number of hydrogen-bond donors (Lipinski definition) is 0. The largest absolute Gasteiger partial charge is 0.496 e. The van der Waals surface area contributed by atoms with E-state index in [1.165, 1.54) is 0 Å². The normalized spacial score (nSPS) is 17.8. The Bertz CT molecular complexity index is 726. The van der Waals surface area contributed by atoms with Gasteiger partial charge in [-0.3, -0.25) is 4.79 Å². The minimum absolute atomic E-state index is 0.0492. The lowest BCUT2D eigenvalue weighted by Gasteiger charge is -2.31. The number of hydrogen-bond acceptors (Lipinski definition) is 5. The van der Waals surface area contributed by atoms with Crippen molar-refractivity contribution < 1.29 is 18.7 Å². The van der Waals surface area contributed by atoms with Crippen LogP contribution in [0, 0.1) is 6.92 Å². The zero-order chi connectivity index (χ0) is 17.1. The Morgan fingerprint density at radius 2 is 2.21 bits per heavy atom. The number of carbonyl (C=O) groups is 1. The SMILES string of the molecule is COc1ccccc1-c1nc(CC(=O)N2CCOC(C)C2)c(C)o1. The number of methoxy groups -OCH3 is 1. The van der Waals surface area contributed by atoms with Crippen molar-refractivity contribution in [3.8, 4) is 17.2 Å². The van der Waals surface area contributed by atoms with E-state index < -0.39 is 0 Å². The second-order valence-electron chi connectivity index (χ2n) is 5.92. The fourth-order valence-corrected chi connectivity index (χ4v) is 2.83. The van der Waals surface area contributed by atoms with E-state index in [2.05, 4.69) is 4.98 Å². The Morgan fingerprint density at radius 3 is 2.96 bits per heavy atom. The van der Waals surface area contributed by atoms with Crippen molar-refractivity contribution in [1.29, 1.82) is 0 Å². The van der Waals surface area contributed by atoms with Gasteiger partial charge in [-0.05, 0) is 26.0 Å². The third kappa shape index (κ3) is 3.43. The number of benzene rings is 1. The predicted molar refractivity (Wildman–Crippen MR) is 88.9 cm³/mol. The highest BCUT2D eigenvalue weighted by Crippen LogP contribution is 2.30. The van der Waals surface area contributed by atoms with Gasteiger partial charge in [0.05, 0.1) is 37.5 Å². The van der Waals surface area contributed by atoms with E-state index in [0.29, 0.717) is 42.8 Å². The molecule has 6 nitrogen and oxygen atoms in total. The summed E-state index contributed by atoms with van der Waals surface area (Å²) >= 11 is 0. The quantitative estimate of drug-likeness (QED) is 0.861. The molecule has 0 radical (unpaired) electrons. The third-order valence-electron chi connectivity index (χ3n) is 4.14. The Labute approximate surface area is 141 Å². The molecule has 1 aliphatic heterocycles. The van der Waals surface area contributed by atoms with Crippen LogP contribution in [0.15, 0.2) is 28.7 Å². The Morgan fingerprint density at radius 1 is 1.42 bits per heavy atom. The van der Waals surface area contributed by atoms with Crippen molar-refractivity contribution in [1.82, 2.24) is 9.88 Å². The number of oxazole rings is 1. The van der Waals surface area contributed by atoms with Gasteiger partial charge >= 0.3 is 0 Å². The molecular formula is C18H22N2O4. The van der Waals surface area contributed by atoms with Gasteiger partial charge < -0.3 is 18.8 Å². The zero-order valence-electron chi connectivity index (χ0n) is 14.2. The number of aromatic nitrogens is 1. The highest BCUT2D eigenvalue weighted by atomic mass is 16.5. The molecule has 0 aliphatic carbocycles. The van der Waals surface area contributed by atoms with Crippen LogP contribution in [0.3, 0.4) is 0 Å². The second kappa shape index (κ2) is 7.05. The molecule has 1 saturated heterocycles. The summed E-state index contributed by atoms with van der Waals surface area (Å²) in [6.45, 7) is 5.63. The van der Waals surface area contributed by atoms with E-state index in [-0.39, 0.29) is 18.4 Å². The summed E-state index contributed by atoms with van der Waals surface area (Å²) in [6, 6.07) is 7.54. The average Bonchev–Trinajstić information content (AvgIpc) is 2.95. The molecule has 1 aromatic heterocycles. The molecule has 3 rings (SSSR count). The fourth-order valence-electron chi connectivity index (χ4n) is 2.83. The summed E-state index contributed by atoms with van der Waals surface area (Å²) in [7, 11) is 1.61. The molecule has 1 unspecified atom stereocenters. The number of carbonyl (C=O) groups excluding carboxylic acids is 1. The van der Waals surface area contributed by atoms with Crippen LogP contribution in [-0.4, -0.2) is 48.7 Å². The van der Waals surface area contributed by atoms with Gasteiger partial charge in [-0.2, -0.15) is 0 Å². The molecular weight excluding hydrogens is 308 g/mol. The zero-order valence-corrected chi connectivity index (χ0v) is 14.2. The van der Waals surface area contributed by atoms with Crippen LogP contribution < -0.4 is 4.74 Å². The van der Waals surface area contributed by atoms with E-state index in [1.54, 1.807) is 7.11 Å². The first-order valence-electron chi connectivity index (χ1n) is 8.07. The van der Waals surface area contributed by atoms with Crippen molar-refractivity contribution in [2.75, 3.05) is 26.8 Å². The Kier molecular flexibility index (Phi) is 4.85. The Balaban J connectivity index is 1.78. The van der Waals surface area contributed by atoms with Crippen molar-refractivity contribution in [3.63, 3.8) is 0 Å². The first-order chi connectivity index (χ1) is 11.6. The minimum atomic E-state index is 0.0492. The maximum Gasteiger partial charge on any atom is 0.230 e. The number of morpholine rings is 1. The molecule has 0 saturated carbocycles. The summed E-state index contributed by atoms with van der Waals surface area (Å²) in [5, 5.41) is 0. The van der Waals surface area contributed by atoms with Crippen LogP contribution in [0.2, 0.25) is 0 Å². The van der Waals surface area contributed by atoms with Crippen LogP contribution in [0.5, 0.6) is 5.75 Å². The van der Waals surface area contributed by atoms with Gasteiger partial charge in [0.15, 0.2) is 0 Å². The maximum atomic E-state index is 12.5. The monoisotopic (exact) mass is 330 g/mol. The molecule has 1 amide bonds. The van der Waals surface area contributed by atoms with Gasteiger partial charge in [0.2, 0.25) is 11.8 Å². The minimum Gasteiger partial charge on any atom is -0.496 e. The van der Waals surface area contributed by atoms with Gasteiger partial charge in [-0.1, -0.05) is 12.1 Å². The lowest BCUT2D eigenvalue weighted by atomic mass is 10.2. The topological polar surface area (TPSA) is 64.8 Å². The van der Waals surface area contributed by atoms with E-state index in [4.69, 9.17) is 13.9 Å². The number of para-hydroxylation sites is 1. The summed E-state index contributed by atoms with van der Waals surface area (Å²) in [5.74, 6) is 1.88. The molecule has 0 spiro atoms. The molecule has 2 heterocycles. The van der Waals surface area contributed by atoms with Crippen LogP contribution >= 0.6 is 0 Å². The number of nitrogens with zero attached hydrogens (tertiary/aromatic N) is 2. The third-order valence-corrected chi connectivity index (χ3v) is 4.14. The van der Waals surface area contributed by atoms with Gasteiger partial charge in [0, 0.05) is 13.1 Å². The van der Waals surface area contributed by atoms with Crippen molar-refractivity contribution in [2.45, 2.75) is 26.4 Å². The lowest BCUT2D eigenvalue weighted by Crippen LogP contribution is -2.45. The average molecular weight is 330 g/mol. The van der Waals surface area contributed by atoms with Crippen LogP contribution in [-0.2, 0) is 16.0 Å². The molecule has 0 N–H and O–H groups in total. The summed E-state index contributed by atoms with van der Waals surface area (Å²) in [5.41, 5.74) is 1.45. The highest BCUT2D eigenvalue weighted by molar-refractivity contribution is 5.79. The number of aryl methyl sites for hydroxylation is 1. The van der Waals surface area contributed by atoms with E-state index in [0.717, 1.165) is 5.56 Å². The summed E-state index contributed by atoms with van der Waals surface area (Å²) < 4.78 is 16.6. The maximum absolute atomic E-state index is 12.5. The predicted octanol–water partition coefficient (Wildman–Crippen LogP) is 2.45. The highest BCUT2D eigenvalue weighted by Gasteiger charge is 2.24. The van der Waals surface area contributed by atoms with Crippen LogP contribution in [0.1, 0.15) is 18.4 Å². The van der Waals surface area contributed by atoms with Gasteiger partial charge in [-0.15, -0.1) is 0 Å². The first kappa shape index (κ1) is 16.5. The van der Waals surface area contributed by atoms with Crippen molar-refractivity contribution in [3.05, 3.63) is 35.7 Å². The van der Waals surface area contributed by atoms with Crippen molar-refractivity contribution >= 4 is 5.91 Å². The van der Waals surface area contributed by atoms with Crippen molar-refractivity contribution in [2.24, 2.45) is 0 Å². The van der Waals surface area contributed by atoms with Gasteiger partial charge in [-0.25, -0.2) is 4.98 Å². The molecule has 128 valence electrons. The molecule has 6 heteroatoms. The molecule has 1 fully saturated rings. The smallest absolute Gasteiger partial charge is 0.230 e. The standard InChI is InChI=1S/C18H22N2O4/c1-12-11-20(8-9-23-12)17(21)10-15-13(2)24-18(19-15)14-6-4-5-7-16(14)22-3/h4-7,12H,8-11H2,1-3H3. The first-order valence-corrected chi connectivity index (χ1v) is 8.07.